The third-order valence-electron chi connectivity index (χ3n) is 4.73. The standard InChI is InChI=1S/C21H22O4/c1-21(2)10-9-14-17(25-21)12-18(23-3)19-15(22)11-16(24-20(14)19)13-7-5-4-6-8-13/h4-10,12,15-16,22H,11H2,1-3H3. The van der Waals surface area contributed by atoms with Gasteiger partial charge in [0.25, 0.3) is 0 Å². The van der Waals surface area contributed by atoms with Crippen molar-refractivity contribution in [3.8, 4) is 17.2 Å². The van der Waals surface area contributed by atoms with Gasteiger partial charge < -0.3 is 19.3 Å². The number of hydrogen-bond donors (Lipinski definition) is 1. The van der Waals surface area contributed by atoms with Crippen LogP contribution in [0, 0.1) is 0 Å². The molecule has 0 aliphatic carbocycles. The Morgan fingerprint density at radius 1 is 1.20 bits per heavy atom. The molecule has 2 aromatic carbocycles. The third kappa shape index (κ3) is 2.76. The lowest BCUT2D eigenvalue weighted by Gasteiger charge is -2.35. The van der Waals surface area contributed by atoms with Crippen LogP contribution >= 0.6 is 0 Å². The minimum atomic E-state index is -0.655. The van der Waals surface area contributed by atoms with Crippen molar-refractivity contribution in [3.05, 3.63) is 59.2 Å². The van der Waals surface area contributed by atoms with E-state index in [4.69, 9.17) is 14.2 Å². The van der Waals surface area contributed by atoms with Crippen LogP contribution in [-0.2, 0) is 0 Å². The van der Waals surface area contributed by atoms with Gasteiger partial charge >= 0.3 is 0 Å². The second kappa shape index (κ2) is 5.81. The zero-order valence-corrected chi connectivity index (χ0v) is 14.7. The number of methoxy groups -OCH3 is 1. The highest BCUT2D eigenvalue weighted by atomic mass is 16.5. The normalized spacial score (nSPS) is 23.0. The molecule has 2 heterocycles. The van der Waals surface area contributed by atoms with Gasteiger partial charge in [0.1, 0.15) is 29.0 Å². The Labute approximate surface area is 147 Å². The number of ether oxygens (including phenoxy) is 3. The first-order valence-corrected chi connectivity index (χ1v) is 8.51. The molecule has 4 heteroatoms. The molecule has 0 saturated carbocycles. The van der Waals surface area contributed by atoms with Gasteiger partial charge in [0.2, 0.25) is 0 Å². The van der Waals surface area contributed by atoms with Crippen LogP contribution in [0.4, 0.5) is 0 Å². The molecule has 2 aliphatic heterocycles. The predicted molar refractivity (Wildman–Crippen MR) is 96.1 cm³/mol. The zero-order chi connectivity index (χ0) is 17.6. The van der Waals surface area contributed by atoms with Crippen LogP contribution in [0.3, 0.4) is 0 Å². The Bertz CT molecular complexity index is 824. The summed E-state index contributed by atoms with van der Waals surface area (Å²) in [7, 11) is 1.60. The van der Waals surface area contributed by atoms with Gasteiger partial charge in [-0.1, -0.05) is 30.3 Å². The van der Waals surface area contributed by atoms with E-state index in [0.717, 1.165) is 11.1 Å². The Balaban J connectivity index is 1.84. The van der Waals surface area contributed by atoms with Crippen LogP contribution in [0.15, 0.2) is 42.5 Å². The molecule has 2 aromatic rings. The molecule has 0 bridgehead atoms. The van der Waals surface area contributed by atoms with Gasteiger partial charge in [-0.3, -0.25) is 0 Å². The fourth-order valence-electron chi connectivity index (χ4n) is 3.48. The summed E-state index contributed by atoms with van der Waals surface area (Å²) in [5, 5.41) is 10.8. The van der Waals surface area contributed by atoms with Crippen molar-refractivity contribution in [1.82, 2.24) is 0 Å². The summed E-state index contributed by atoms with van der Waals surface area (Å²) in [6.45, 7) is 4.00. The van der Waals surface area contributed by atoms with Crippen molar-refractivity contribution in [2.45, 2.75) is 38.1 Å². The van der Waals surface area contributed by atoms with Crippen LogP contribution in [0.25, 0.3) is 6.08 Å². The smallest absolute Gasteiger partial charge is 0.140 e. The lowest BCUT2D eigenvalue weighted by molar-refractivity contribution is 0.0618. The Kier molecular flexibility index (Phi) is 3.73. The van der Waals surface area contributed by atoms with Crippen molar-refractivity contribution in [2.75, 3.05) is 7.11 Å². The summed E-state index contributed by atoms with van der Waals surface area (Å²) in [6.07, 6.45) is 3.64. The van der Waals surface area contributed by atoms with Gasteiger partial charge in [0.05, 0.1) is 24.3 Å². The van der Waals surface area contributed by atoms with Crippen LogP contribution in [0.5, 0.6) is 17.2 Å². The summed E-state index contributed by atoms with van der Waals surface area (Å²) in [5.74, 6) is 1.96. The number of rotatable bonds is 2. The van der Waals surface area contributed by atoms with Crippen molar-refractivity contribution in [1.29, 1.82) is 0 Å². The monoisotopic (exact) mass is 338 g/mol. The van der Waals surface area contributed by atoms with E-state index in [0.29, 0.717) is 29.2 Å². The number of hydrogen-bond acceptors (Lipinski definition) is 4. The minimum Gasteiger partial charge on any atom is -0.496 e. The zero-order valence-electron chi connectivity index (χ0n) is 14.7. The summed E-state index contributed by atoms with van der Waals surface area (Å²) in [6, 6.07) is 11.8. The molecule has 130 valence electrons. The molecule has 0 radical (unpaired) electrons. The quantitative estimate of drug-likeness (QED) is 0.879. The van der Waals surface area contributed by atoms with E-state index in [1.165, 1.54) is 0 Å². The number of aliphatic hydroxyl groups is 1. The van der Waals surface area contributed by atoms with Crippen molar-refractivity contribution < 1.29 is 19.3 Å². The van der Waals surface area contributed by atoms with Gasteiger partial charge in [0.15, 0.2) is 0 Å². The van der Waals surface area contributed by atoms with Gasteiger partial charge in [-0.25, -0.2) is 0 Å². The molecular weight excluding hydrogens is 316 g/mol. The molecule has 0 spiro atoms. The second-order valence-corrected chi connectivity index (χ2v) is 7.04. The summed E-state index contributed by atoms with van der Waals surface area (Å²) in [4.78, 5) is 0. The number of fused-ring (bicyclic) bond motifs is 3. The Hall–Kier alpha value is -2.46. The fraction of sp³-hybridized carbons (Fsp3) is 0.333. The van der Waals surface area contributed by atoms with Crippen molar-refractivity contribution >= 4 is 6.08 Å². The van der Waals surface area contributed by atoms with Crippen molar-refractivity contribution in [3.63, 3.8) is 0 Å². The summed E-state index contributed by atoms with van der Waals surface area (Å²) < 4.78 is 17.9. The van der Waals surface area contributed by atoms with Crippen LogP contribution in [-0.4, -0.2) is 17.8 Å². The highest BCUT2D eigenvalue weighted by Crippen LogP contribution is 2.51. The highest BCUT2D eigenvalue weighted by molar-refractivity contribution is 5.72. The molecule has 0 aromatic heterocycles. The van der Waals surface area contributed by atoms with E-state index in [1.807, 2.05) is 62.4 Å². The van der Waals surface area contributed by atoms with Gasteiger partial charge in [-0.2, -0.15) is 0 Å². The molecule has 2 atom stereocenters. The number of aliphatic hydroxyl groups excluding tert-OH is 1. The van der Waals surface area contributed by atoms with E-state index in [2.05, 4.69) is 0 Å². The maximum Gasteiger partial charge on any atom is 0.140 e. The molecule has 4 nitrogen and oxygen atoms in total. The Morgan fingerprint density at radius 3 is 2.68 bits per heavy atom. The molecule has 2 unspecified atom stereocenters. The maximum absolute atomic E-state index is 10.8. The first-order valence-electron chi connectivity index (χ1n) is 8.51. The van der Waals surface area contributed by atoms with E-state index in [9.17, 15) is 5.11 Å². The molecular formula is C21H22O4. The number of benzene rings is 2. The first-order chi connectivity index (χ1) is 12.0. The molecule has 2 aliphatic rings. The summed E-state index contributed by atoms with van der Waals surface area (Å²) >= 11 is 0. The topological polar surface area (TPSA) is 47.9 Å². The van der Waals surface area contributed by atoms with E-state index >= 15 is 0 Å². The molecule has 0 fully saturated rings. The minimum absolute atomic E-state index is 0.205. The predicted octanol–water partition coefficient (Wildman–Crippen LogP) is 4.44. The SMILES string of the molecule is COc1cc2c(c3c1C(O)CC(c1ccccc1)O3)C=CC(C)(C)O2. The van der Waals surface area contributed by atoms with Gasteiger partial charge in [-0.15, -0.1) is 0 Å². The fourth-order valence-corrected chi connectivity index (χ4v) is 3.48. The van der Waals surface area contributed by atoms with Gasteiger partial charge in [-0.05, 0) is 31.6 Å². The molecule has 25 heavy (non-hydrogen) atoms. The average Bonchev–Trinajstić information content (AvgIpc) is 2.60. The largest absolute Gasteiger partial charge is 0.496 e. The molecule has 4 rings (SSSR count). The molecule has 1 N–H and O–H groups in total. The van der Waals surface area contributed by atoms with Crippen LogP contribution in [0.1, 0.15) is 49.2 Å². The third-order valence-corrected chi connectivity index (χ3v) is 4.73. The Morgan fingerprint density at radius 2 is 1.96 bits per heavy atom. The van der Waals surface area contributed by atoms with Gasteiger partial charge in [0, 0.05) is 12.5 Å². The highest BCUT2D eigenvalue weighted by Gasteiger charge is 2.36. The maximum atomic E-state index is 10.8. The van der Waals surface area contributed by atoms with E-state index in [-0.39, 0.29) is 6.10 Å². The lowest BCUT2D eigenvalue weighted by atomic mass is 9.90. The molecule has 0 saturated heterocycles. The van der Waals surface area contributed by atoms with Crippen LogP contribution < -0.4 is 14.2 Å². The average molecular weight is 338 g/mol. The molecule has 0 amide bonds. The van der Waals surface area contributed by atoms with E-state index in [1.54, 1.807) is 7.11 Å². The summed E-state index contributed by atoms with van der Waals surface area (Å²) in [5.41, 5.74) is 2.21. The first kappa shape index (κ1) is 16.0. The van der Waals surface area contributed by atoms with E-state index < -0.39 is 11.7 Å². The second-order valence-electron chi connectivity index (χ2n) is 7.04. The lowest BCUT2D eigenvalue weighted by Crippen LogP contribution is -2.28. The van der Waals surface area contributed by atoms with Crippen molar-refractivity contribution in [2.24, 2.45) is 0 Å². The van der Waals surface area contributed by atoms with Crippen LogP contribution in [0.2, 0.25) is 0 Å².